The van der Waals surface area contributed by atoms with Crippen LogP contribution >= 0.6 is 0 Å². The Morgan fingerprint density at radius 2 is 1.52 bits per heavy atom. The zero-order valence-corrected chi connectivity index (χ0v) is 13.2. The Balaban J connectivity index is 3.34. The van der Waals surface area contributed by atoms with Crippen molar-refractivity contribution >= 4 is 5.97 Å². The lowest BCUT2D eigenvalue weighted by molar-refractivity contribution is -0.157. The normalized spacial score (nSPS) is 12.5. The Kier molecular flexibility index (Phi) is 5.43. The fraction of sp³-hybridized carbons (Fsp3) is 0.533. The lowest BCUT2D eigenvalue weighted by atomic mass is 9.82. The summed E-state index contributed by atoms with van der Waals surface area (Å²) in [7, 11) is 5.75. The number of rotatable bonds is 6. The molecule has 1 unspecified atom stereocenters. The number of hydrogen-bond donors (Lipinski definition) is 1. The van der Waals surface area contributed by atoms with E-state index in [1.807, 2.05) is 0 Å². The predicted molar refractivity (Wildman–Crippen MR) is 76.9 cm³/mol. The summed E-state index contributed by atoms with van der Waals surface area (Å²) in [4.78, 5) is 11.8. The number of aliphatic hydroxyl groups is 1. The third kappa shape index (κ3) is 3.21. The second kappa shape index (κ2) is 6.67. The van der Waals surface area contributed by atoms with Gasteiger partial charge in [-0.3, -0.25) is 4.79 Å². The van der Waals surface area contributed by atoms with Gasteiger partial charge in [0.1, 0.15) is 0 Å². The maximum atomic E-state index is 11.8. The van der Waals surface area contributed by atoms with Gasteiger partial charge in [0.05, 0.1) is 40.0 Å². The van der Waals surface area contributed by atoms with E-state index in [-0.39, 0.29) is 0 Å². The molecule has 0 saturated carbocycles. The molecule has 118 valence electrons. The third-order valence-corrected chi connectivity index (χ3v) is 3.40. The van der Waals surface area contributed by atoms with Crippen LogP contribution in [0, 0.1) is 5.41 Å². The first-order chi connectivity index (χ1) is 9.83. The van der Waals surface area contributed by atoms with Crippen molar-refractivity contribution in [2.45, 2.75) is 20.0 Å². The molecule has 0 spiro atoms. The minimum atomic E-state index is -1.11. The molecule has 1 N–H and O–H groups in total. The van der Waals surface area contributed by atoms with E-state index in [1.165, 1.54) is 28.4 Å². The molecule has 6 nitrogen and oxygen atoms in total. The van der Waals surface area contributed by atoms with E-state index in [1.54, 1.807) is 26.0 Å². The average molecular weight is 298 g/mol. The van der Waals surface area contributed by atoms with Crippen LogP contribution in [0.25, 0.3) is 0 Å². The molecule has 21 heavy (non-hydrogen) atoms. The molecule has 0 aliphatic heterocycles. The highest BCUT2D eigenvalue weighted by atomic mass is 16.5. The molecule has 0 aliphatic carbocycles. The van der Waals surface area contributed by atoms with Gasteiger partial charge in [-0.2, -0.15) is 0 Å². The molecule has 6 heteroatoms. The van der Waals surface area contributed by atoms with E-state index < -0.39 is 17.5 Å². The average Bonchev–Trinajstić information content (AvgIpc) is 2.51. The summed E-state index contributed by atoms with van der Waals surface area (Å²) in [6.45, 7) is 3.21. The summed E-state index contributed by atoms with van der Waals surface area (Å²) in [6, 6.07) is 3.22. The number of ether oxygens (including phenoxy) is 4. The SMILES string of the molecule is COC(=O)C(C)(C)C(O)c1cc(OC)c(OC)c(OC)c1. The highest BCUT2D eigenvalue weighted by Gasteiger charge is 2.38. The number of methoxy groups -OCH3 is 4. The van der Waals surface area contributed by atoms with E-state index >= 15 is 0 Å². The van der Waals surface area contributed by atoms with Crippen molar-refractivity contribution in [3.05, 3.63) is 17.7 Å². The lowest BCUT2D eigenvalue weighted by Crippen LogP contribution is -2.32. The number of benzene rings is 1. The van der Waals surface area contributed by atoms with Gasteiger partial charge in [-0.25, -0.2) is 0 Å². The number of hydrogen-bond acceptors (Lipinski definition) is 6. The second-order valence-electron chi connectivity index (χ2n) is 5.07. The highest BCUT2D eigenvalue weighted by molar-refractivity contribution is 5.77. The molecular weight excluding hydrogens is 276 g/mol. The standard InChI is InChI=1S/C15H22O6/c1-15(2,14(17)21-6)13(16)9-7-10(18-3)12(20-5)11(8-9)19-4/h7-8,13,16H,1-6H3. The van der Waals surface area contributed by atoms with Crippen LogP contribution in [0.5, 0.6) is 17.2 Å². The maximum Gasteiger partial charge on any atom is 0.314 e. The Bertz CT molecular complexity index is 484. The van der Waals surface area contributed by atoms with Crippen molar-refractivity contribution in [1.82, 2.24) is 0 Å². The van der Waals surface area contributed by atoms with Crippen molar-refractivity contribution in [3.63, 3.8) is 0 Å². The number of aliphatic hydroxyl groups excluding tert-OH is 1. The van der Waals surface area contributed by atoms with Gasteiger partial charge >= 0.3 is 5.97 Å². The smallest absolute Gasteiger partial charge is 0.314 e. The van der Waals surface area contributed by atoms with E-state index in [4.69, 9.17) is 18.9 Å². The Morgan fingerprint density at radius 1 is 1.05 bits per heavy atom. The van der Waals surface area contributed by atoms with Gasteiger partial charge in [-0.15, -0.1) is 0 Å². The first-order valence-electron chi connectivity index (χ1n) is 6.39. The van der Waals surface area contributed by atoms with Crippen LogP contribution in [0.1, 0.15) is 25.5 Å². The summed E-state index contributed by atoms with van der Waals surface area (Å²) < 4.78 is 20.4. The van der Waals surface area contributed by atoms with Crippen molar-refractivity contribution < 1.29 is 28.8 Å². The highest BCUT2D eigenvalue weighted by Crippen LogP contribution is 2.43. The summed E-state index contributed by atoms with van der Waals surface area (Å²) >= 11 is 0. The van der Waals surface area contributed by atoms with Gasteiger partial charge in [0.15, 0.2) is 11.5 Å². The maximum absolute atomic E-state index is 11.8. The lowest BCUT2D eigenvalue weighted by Gasteiger charge is -2.28. The van der Waals surface area contributed by atoms with Crippen LogP contribution in [0.4, 0.5) is 0 Å². The predicted octanol–water partition coefficient (Wildman–Crippen LogP) is 1.94. The second-order valence-corrected chi connectivity index (χ2v) is 5.07. The van der Waals surface area contributed by atoms with Crippen LogP contribution < -0.4 is 14.2 Å². The van der Waals surface area contributed by atoms with E-state index in [9.17, 15) is 9.90 Å². The molecule has 0 heterocycles. The Hall–Kier alpha value is -1.95. The molecule has 0 radical (unpaired) electrons. The summed E-state index contributed by atoms with van der Waals surface area (Å²) in [5, 5.41) is 10.5. The van der Waals surface area contributed by atoms with Gasteiger partial charge in [-0.05, 0) is 31.5 Å². The van der Waals surface area contributed by atoms with Crippen molar-refractivity contribution in [2.24, 2.45) is 5.41 Å². The topological polar surface area (TPSA) is 74.2 Å². The minimum absolute atomic E-state index is 0.409. The number of esters is 1. The summed E-state index contributed by atoms with van der Waals surface area (Å²) in [5.74, 6) is 0.730. The molecule has 1 rings (SSSR count). The van der Waals surface area contributed by atoms with Gasteiger partial charge in [0, 0.05) is 0 Å². The minimum Gasteiger partial charge on any atom is -0.493 e. The monoisotopic (exact) mass is 298 g/mol. The van der Waals surface area contributed by atoms with Crippen LogP contribution in [0.15, 0.2) is 12.1 Å². The molecule has 1 aromatic carbocycles. The van der Waals surface area contributed by atoms with E-state index in [0.29, 0.717) is 22.8 Å². The van der Waals surface area contributed by atoms with Gasteiger partial charge in [-0.1, -0.05) is 0 Å². The Morgan fingerprint density at radius 3 is 1.86 bits per heavy atom. The van der Waals surface area contributed by atoms with Crippen LogP contribution in [0.2, 0.25) is 0 Å². The Labute approximate surface area is 124 Å². The molecule has 0 saturated heterocycles. The largest absolute Gasteiger partial charge is 0.493 e. The molecule has 0 fully saturated rings. The third-order valence-electron chi connectivity index (χ3n) is 3.40. The zero-order chi connectivity index (χ0) is 16.2. The molecular formula is C15H22O6. The van der Waals surface area contributed by atoms with Gasteiger partial charge < -0.3 is 24.1 Å². The van der Waals surface area contributed by atoms with Crippen molar-refractivity contribution in [2.75, 3.05) is 28.4 Å². The molecule has 0 amide bonds. The molecule has 0 bridgehead atoms. The molecule has 1 atom stereocenters. The molecule has 0 aliphatic rings. The van der Waals surface area contributed by atoms with Crippen LogP contribution in [-0.4, -0.2) is 39.5 Å². The first kappa shape index (κ1) is 17.1. The van der Waals surface area contributed by atoms with E-state index in [0.717, 1.165) is 0 Å². The fourth-order valence-electron chi connectivity index (χ4n) is 2.05. The van der Waals surface area contributed by atoms with Crippen LogP contribution in [0.3, 0.4) is 0 Å². The van der Waals surface area contributed by atoms with Gasteiger partial charge in [0.25, 0.3) is 0 Å². The molecule has 0 aromatic heterocycles. The zero-order valence-electron chi connectivity index (χ0n) is 13.2. The molecule has 1 aromatic rings. The van der Waals surface area contributed by atoms with Crippen LogP contribution in [-0.2, 0) is 9.53 Å². The van der Waals surface area contributed by atoms with Crippen molar-refractivity contribution in [1.29, 1.82) is 0 Å². The van der Waals surface area contributed by atoms with Crippen molar-refractivity contribution in [3.8, 4) is 17.2 Å². The number of carbonyl (C=O) groups is 1. The summed E-state index contributed by atoms with van der Waals surface area (Å²) in [5.41, 5.74) is -0.640. The quantitative estimate of drug-likeness (QED) is 0.809. The first-order valence-corrected chi connectivity index (χ1v) is 6.39. The van der Waals surface area contributed by atoms with E-state index in [2.05, 4.69) is 0 Å². The fourth-order valence-corrected chi connectivity index (χ4v) is 2.05. The summed E-state index contributed by atoms with van der Waals surface area (Å²) in [6.07, 6.45) is -1.08. The number of carbonyl (C=O) groups excluding carboxylic acids is 1. The van der Waals surface area contributed by atoms with Gasteiger partial charge in [0.2, 0.25) is 5.75 Å².